The van der Waals surface area contributed by atoms with Crippen molar-refractivity contribution >= 4 is 23.2 Å². The smallest absolute Gasteiger partial charge is 0.249 e. The summed E-state index contributed by atoms with van der Waals surface area (Å²) in [7, 11) is 0. The molecule has 1 aromatic carbocycles. The first-order chi connectivity index (χ1) is 9.08. The number of nitrogens with zero attached hydrogens (tertiary/aromatic N) is 1. The number of rotatable bonds is 1. The van der Waals surface area contributed by atoms with Crippen LogP contribution in [0, 0.1) is 0 Å². The largest absolute Gasteiger partial charge is 0.398 e. The molecule has 2 aliphatic heterocycles. The van der Waals surface area contributed by atoms with Crippen molar-refractivity contribution in [1.82, 2.24) is 10.2 Å². The van der Waals surface area contributed by atoms with Crippen LogP contribution in [0.2, 0.25) is 0 Å². The number of carbonyl (C=O) groups is 2. The van der Waals surface area contributed by atoms with Crippen LogP contribution in [0.4, 0.5) is 5.69 Å². The summed E-state index contributed by atoms with van der Waals surface area (Å²) in [5.74, 6) is -0.452. The zero-order valence-corrected chi connectivity index (χ0v) is 10.5. The maximum Gasteiger partial charge on any atom is 0.249 e. The fourth-order valence-electron chi connectivity index (χ4n) is 2.75. The number of nitrogens with two attached hydrogens (primary N) is 1. The highest BCUT2D eigenvalue weighted by molar-refractivity contribution is 6.01. The van der Waals surface area contributed by atoms with Crippen LogP contribution >= 0.6 is 0 Å². The van der Waals surface area contributed by atoms with Crippen LogP contribution in [0.15, 0.2) is 24.8 Å². The molecule has 2 aliphatic rings. The van der Waals surface area contributed by atoms with Crippen molar-refractivity contribution in [2.75, 3.05) is 5.73 Å². The zero-order chi connectivity index (χ0) is 13.6. The van der Waals surface area contributed by atoms with Gasteiger partial charge in [-0.15, -0.1) is 0 Å². The van der Waals surface area contributed by atoms with Gasteiger partial charge in [0.2, 0.25) is 11.8 Å². The summed E-state index contributed by atoms with van der Waals surface area (Å²) in [6, 6.07) is 5.35. The first-order valence-electron chi connectivity index (χ1n) is 6.25. The Hall–Kier alpha value is -2.30. The number of hydrogen-bond donors (Lipinski definition) is 2. The molecule has 1 aromatic rings. The summed E-state index contributed by atoms with van der Waals surface area (Å²) >= 11 is 0. The molecule has 5 nitrogen and oxygen atoms in total. The van der Waals surface area contributed by atoms with Gasteiger partial charge < -0.3 is 10.6 Å². The highest BCUT2D eigenvalue weighted by Crippen LogP contribution is 2.37. The number of hydrogen-bond acceptors (Lipinski definition) is 4. The Morgan fingerprint density at radius 1 is 1.37 bits per heavy atom. The van der Waals surface area contributed by atoms with E-state index in [-0.39, 0.29) is 17.9 Å². The van der Waals surface area contributed by atoms with E-state index >= 15 is 0 Å². The Morgan fingerprint density at radius 3 is 2.84 bits per heavy atom. The van der Waals surface area contributed by atoms with Crippen molar-refractivity contribution in [2.45, 2.75) is 25.4 Å². The van der Waals surface area contributed by atoms with Gasteiger partial charge in [0.1, 0.15) is 6.04 Å². The Bertz CT molecular complexity index is 594. The van der Waals surface area contributed by atoms with E-state index in [0.29, 0.717) is 25.1 Å². The van der Waals surface area contributed by atoms with Gasteiger partial charge in [0.05, 0.1) is 0 Å². The Balaban J connectivity index is 1.90. The number of imide groups is 1. The van der Waals surface area contributed by atoms with Gasteiger partial charge in [-0.2, -0.15) is 0 Å². The molecule has 0 saturated carbocycles. The highest BCUT2D eigenvalue weighted by atomic mass is 16.2. The third-order valence-corrected chi connectivity index (χ3v) is 3.78. The molecule has 1 unspecified atom stereocenters. The predicted octanol–water partition coefficient (Wildman–Crippen LogP) is 0.860. The fourth-order valence-corrected chi connectivity index (χ4v) is 2.75. The van der Waals surface area contributed by atoms with Gasteiger partial charge in [-0.3, -0.25) is 14.9 Å². The van der Waals surface area contributed by atoms with Gasteiger partial charge >= 0.3 is 0 Å². The number of fused-ring (bicyclic) bond motifs is 1. The summed E-state index contributed by atoms with van der Waals surface area (Å²) in [6.45, 7) is 4.63. The predicted molar refractivity (Wildman–Crippen MR) is 71.6 cm³/mol. The molecule has 2 heterocycles. The van der Waals surface area contributed by atoms with E-state index in [4.69, 9.17) is 5.73 Å². The monoisotopic (exact) mass is 257 g/mol. The molecule has 0 aromatic heterocycles. The van der Waals surface area contributed by atoms with Crippen LogP contribution < -0.4 is 11.1 Å². The second-order valence-electron chi connectivity index (χ2n) is 4.91. The molecule has 0 bridgehead atoms. The van der Waals surface area contributed by atoms with Crippen LogP contribution in [0.25, 0.3) is 5.70 Å². The van der Waals surface area contributed by atoms with Crippen LogP contribution in [0.1, 0.15) is 24.0 Å². The Labute approximate surface area is 111 Å². The van der Waals surface area contributed by atoms with E-state index in [1.165, 1.54) is 0 Å². The molecule has 1 saturated heterocycles. The topological polar surface area (TPSA) is 75.4 Å². The molecule has 0 aliphatic carbocycles. The zero-order valence-electron chi connectivity index (χ0n) is 10.5. The average Bonchev–Trinajstić information content (AvgIpc) is 2.69. The van der Waals surface area contributed by atoms with Crippen molar-refractivity contribution in [2.24, 2.45) is 0 Å². The number of amides is 2. The van der Waals surface area contributed by atoms with Crippen molar-refractivity contribution < 1.29 is 9.59 Å². The molecule has 3 rings (SSSR count). The molecule has 2 amide bonds. The third-order valence-electron chi connectivity index (χ3n) is 3.78. The molecule has 0 spiro atoms. The van der Waals surface area contributed by atoms with Crippen LogP contribution in [0.3, 0.4) is 0 Å². The van der Waals surface area contributed by atoms with Crippen molar-refractivity contribution in [3.05, 3.63) is 35.9 Å². The minimum absolute atomic E-state index is 0.205. The van der Waals surface area contributed by atoms with Crippen molar-refractivity contribution in [3.63, 3.8) is 0 Å². The van der Waals surface area contributed by atoms with E-state index in [9.17, 15) is 9.59 Å². The lowest BCUT2D eigenvalue weighted by molar-refractivity contribution is -0.136. The van der Waals surface area contributed by atoms with Crippen molar-refractivity contribution in [3.8, 4) is 0 Å². The van der Waals surface area contributed by atoms with E-state index < -0.39 is 0 Å². The van der Waals surface area contributed by atoms with Crippen LogP contribution in [-0.2, 0) is 16.1 Å². The average molecular weight is 257 g/mol. The van der Waals surface area contributed by atoms with Gasteiger partial charge in [0.25, 0.3) is 0 Å². The Kier molecular flexibility index (Phi) is 2.55. The molecule has 0 radical (unpaired) electrons. The molecule has 5 heteroatoms. The van der Waals surface area contributed by atoms with Crippen LogP contribution in [0.5, 0.6) is 0 Å². The maximum atomic E-state index is 11.9. The number of nitrogen functional groups attached to an aromatic ring is 1. The number of carbonyl (C=O) groups excluding carboxylic acids is 2. The summed E-state index contributed by atoms with van der Waals surface area (Å²) in [5.41, 5.74) is 9.48. The van der Waals surface area contributed by atoms with Gasteiger partial charge in [-0.1, -0.05) is 18.7 Å². The van der Waals surface area contributed by atoms with E-state index in [1.54, 1.807) is 0 Å². The first kappa shape index (κ1) is 11.8. The second-order valence-corrected chi connectivity index (χ2v) is 4.91. The second kappa shape index (κ2) is 4.12. The van der Waals surface area contributed by atoms with Gasteiger partial charge in [-0.05, 0) is 12.5 Å². The molecule has 19 heavy (non-hydrogen) atoms. The normalized spacial score (nSPS) is 22.4. The number of nitrogens with one attached hydrogen (secondary N) is 1. The molecule has 1 atom stereocenters. The minimum Gasteiger partial charge on any atom is -0.398 e. The quantitative estimate of drug-likeness (QED) is 0.578. The molecule has 3 N–H and O–H groups in total. The SMILES string of the molecule is C=C1c2cccc(N)c2CN1C1CCC(=O)NC1=O. The lowest BCUT2D eigenvalue weighted by atomic mass is 10.0. The minimum atomic E-state index is -0.336. The van der Waals surface area contributed by atoms with E-state index in [0.717, 1.165) is 16.8 Å². The van der Waals surface area contributed by atoms with Gasteiger partial charge in [-0.25, -0.2) is 0 Å². The summed E-state index contributed by atoms with van der Waals surface area (Å²) in [6.07, 6.45) is 0.892. The molecule has 1 fully saturated rings. The number of anilines is 1. The molecular weight excluding hydrogens is 242 g/mol. The Morgan fingerprint density at radius 2 is 2.16 bits per heavy atom. The van der Waals surface area contributed by atoms with Crippen molar-refractivity contribution in [1.29, 1.82) is 0 Å². The van der Waals surface area contributed by atoms with Gasteiger partial charge in [0.15, 0.2) is 0 Å². The van der Waals surface area contributed by atoms with E-state index in [1.807, 2.05) is 23.1 Å². The van der Waals surface area contributed by atoms with E-state index in [2.05, 4.69) is 11.9 Å². The summed E-state index contributed by atoms with van der Waals surface area (Å²) < 4.78 is 0. The fraction of sp³-hybridized carbons (Fsp3) is 0.286. The third kappa shape index (κ3) is 1.78. The van der Waals surface area contributed by atoms with Crippen LogP contribution in [-0.4, -0.2) is 22.8 Å². The lowest BCUT2D eigenvalue weighted by Crippen LogP contribution is -2.50. The lowest BCUT2D eigenvalue weighted by Gasteiger charge is -2.31. The summed E-state index contributed by atoms with van der Waals surface area (Å²) in [5, 5.41) is 2.38. The highest BCUT2D eigenvalue weighted by Gasteiger charge is 2.36. The first-order valence-corrected chi connectivity index (χ1v) is 6.25. The number of benzene rings is 1. The van der Waals surface area contributed by atoms with Gasteiger partial charge in [0, 0.05) is 35.5 Å². The molecular formula is C14H15N3O2. The number of piperidine rings is 1. The standard InChI is InChI=1S/C14H15N3O2/c1-8-9-3-2-4-11(15)10(9)7-17(8)12-5-6-13(18)16-14(12)19/h2-4,12H,1,5-7,15H2,(H,16,18,19). The summed E-state index contributed by atoms with van der Waals surface area (Å²) in [4.78, 5) is 25.1. The molecule has 98 valence electrons. The maximum absolute atomic E-state index is 11.9.